The average molecular weight is 289 g/mol. The van der Waals surface area contributed by atoms with Crippen LogP contribution in [0.15, 0.2) is 42.6 Å². The maximum absolute atomic E-state index is 5.20. The van der Waals surface area contributed by atoms with Gasteiger partial charge in [0.1, 0.15) is 11.4 Å². The van der Waals surface area contributed by atoms with Gasteiger partial charge in [-0.15, -0.1) is 5.10 Å². The summed E-state index contributed by atoms with van der Waals surface area (Å²) in [4.78, 5) is 0. The molecule has 0 aliphatic heterocycles. The average Bonchev–Trinajstić information content (AvgIpc) is 3.31. The molecule has 1 aromatic carbocycles. The number of rotatable bonds is 2. The Bertz CT molecular complexity index is 880. The van der Waals surface area contributed by atoms with Gasteiger partial charge >= 0.3 is 0 Å². The van der Waals surface area contributed by atoms with E-state index in [1.54, 1.807) is 11.6 Å². The molecule has 3 aromatic rings. The van der Waals surface area contributed by atoms with Crippen LogP contribution in [0.2, 0.25) is 0 Å². The van der Waals surface area contributed by atoms with Crippen LogP contribution < -0.4 is 4.74 Å². The lowest BCUT2D eigenvalue weighted by Crippen LogP contribution is -1.89. The molecule has 1 fully saturated rings. The molecule has 22 heavy (non-hydrogen) atoms. The van der Waals surface area contributed by atoms with E-state index in [0.717, 1.165) is 28.1 Å². The van der Waals surface area contributed by atoms with Crippen molar-refractivity contribution in [1.82, 2.24) is 14.8 Å². The highest BCUT2D eigenvalue weighted by Gasteiger charge is 2.17. The van der Waals surface area contributed by atoms with Gasteiger partial charge in [0.25, 0.3) is 0 Å². The fraction of sp³-hybridized carbons (Fsp3) is 0.222. The molecule has 4 heteroatoms. The Morgan fingerprint density at radius 1 is 1.14 bits per heavy atom. The van der Waals surface area contributed by atoms with E-state index in [1.807, 2.05) is 42.6 Å². The first kappa shape index (κ1) is 12.9. The standard InChI is InChI=1S/C18H15N3O/c1-22-16-10-11-17-18(19-20-21(17)12-16)15-8-6-14(7-9-15)5-4-13-2-3-13/h6-13H,2-3H2,1H3. The van der Waals surface area contributed by atoms with Gasteiger partial charge in [-0.05, 0) is 37.1 Å². The van der Waals surface area contributed by atoms with Crippen LogP contribution in [0, 0.1) is 17.8 Å². The Kier molecular flexibility index (Phi) is 3.05. The molecule has 0 atom stereocenters. The Labute approximate surface area is 128 Å². The summed E-state index contributed by atoms with van der Waals surface area (Å²) in [5, 5.41) is 8.43. The summed E-state index contributed by atoms with van der Waals surface area (Å²) in [5.74, 6) is 7.88. The highest BCUT2D eigenvalue weighted by atomic mass is 16.5. The SMILES string of the molecule is COc1ccc2c(-c3ccc(C#CC4CC4)cc3)nnn2c1. The molecule has 0 unspecified atom stereocenters. The van der Waals surface area contributed by atoms with Gasteiger partial charge in [-0.2, -0.15) is 0 Å². The summed E-state index contributed by atoms with van der Waals surface area (Å²) in [7, 11) is 1.64. The lowest BCUT2D eigenvalue weighted by Gasteiger charge is -2.01. The third-order valence-corrected chi connectivity index (χ3v) is 3.78. The predicted molar refractivity (Wildman–Crippen MR) is 84.6 cm³/mol. The van der Waals surface area contributed by atoms with Crippen molar-refractivity contribution < 1.29 is 4.74 Å². The number of hydrogen-bond donors (Lipinski definition) is 0. The molecule has 108 valence electrons. The van der Waals surface area contributed by atoms with Crippen molar-refractivity contribution in [2.45, 2.75) is 12.8 Å². The van der Waals surface area contributed by atoms with E-state index >= 15 is 0 Å². The Hall–Kier alpha value is -2.80. The molecule has 0 spiro atoms. The fourth-order valence-electron chi connectivity index (χ4n) is 2.33. The quantitative estimate of drug-likeness (QED) is 0.680. The zero-order chi connectivity index (χ0) is 14.9. The van der Waals surface area contributed by atoms with Crippen molar-refractivity contribution in [2.75, 3.05) is 7.11 Å². The molecule has 0 radical (unpaired) electrons. The molecule has 1 aliphatic rings. The second kappa shape index (κ2) is 5.19. The van der Waals surface area contributed by atoms with Gasteiger partial charge in [0, 0.05) is 17.0 Å². The second-order valence-corrected chi connectivity index (χ2v) is 5.46. The molecule has 0 amide bonds. The first-order chi connectivity index (χ1) is 10.8. The van der Waals surface area contributed by atoms with Crippen LogP contribution in [0.4, 0.5) is 0 Å². The number of pyridine rings is 1. The van der Waals surface area contributed by atoms with Gasteiger partial charge in [-0.25, -0.2) is 4.52 Å². The van der Waals surface area contributed by atoms with Crippen LogP contribution in [-0.4, -0.2) is 21.9 Å². The third kappa shape index (κ3) is 2.42. The zero-order valence-electron chi connectivity index (χ0n) is 12.3. The molecular formula is C18H15N3O. The van der Waals surface area contributed by atoms with Gasteiger partial charge in [-0.3, -0.25) is 0 Å². The summed E-state index contributed by atoms with van der Waals surface area (Å²) < 4.78 is 6.93. The first-order valence-electron chi connectivity index (χ1n) is 7.34. The van der Waals surface area contributed by atoms with Crippen LogP contribution in [0.25, 0.3) is 16.8 Å². The number of hydrogen-bond acceptors (Lipinski definition) is 3. The Morgan fingerprint density at radius 3 is 2.68 bits per heavy atom. The second-order valence-electron chi connectivity index (χ2n) is 5.46. The van der Waals surface area contributed by atoms with Crippen molar-refractivity contribution in [3.8, 4) is 28.8 Å². The third-order valence-electron chi connectivity index (χ3n) is 3.78. The van der Waals surface area contributed by atoms with E-state index in [-0.39, 0.29) is 0 Å². The summed E-state index contributed by atoms with van der Waals surface area (Å²) in [6.07, 6.45) is 4.32. The first-order valence-corrected chi connectivity index (χ1v) is 7.34. The fourth-order valence-corrected chi connectivity index (χ4v) is 2.33. The van der Waals surface area contributed by atoms with Crippen molar-refractivity contribution in [3.63, 3.8) is 0 Å². The number of methoxy groups -OCH3 is 1. The zero-order valence-corrected chi connectivity index (χ0v) is 12.3. The van der Waals surface area contributed by atoms with Crippen molar-refractivity contribution in [1.29, 1.82) is 0 Å². The van der Waals surface area contributed by atoms with E-state index < -0.39 is 0 Å². The Morgan fingerprint density at radius 2 is 1.95 bits per heavy atom. The summed E-state index contributed by atoms with van der Waals surface area (Å²) >= 11 is 0. The smallest absolute Gasteiger partial charge is 0.137 e. The highest BCUT2D eigenvalue weighted by molar-refractivity contribution is 5.76. The molecule has 1 aliphatic carbocycles. The minimum absolute atomic E-state index is 0.621. The van der Waals surface area contributed by atoms with Crippen LogP contribution >= 0.6 is 0 Å². The molecular weight excluding hydrogens is 274 g/mol. The number of aromatic nitrogens is 3. The predicted octanol–water partition coefficient (Wildman–Crippen LogP) is 3.17. The largest absolute Gasteiger partial charge is 0.495 e. The minimum atomic E-state index is 0.621. The summed E-state index contributed by atoms with van der Waals surface area (Å²) in [6.45, 7) is 0. The van der Waals surface area contributed by atoms with E-state index in [4.69, 9.17) is 4.74 Å². The van der Waals surface area contributed by atoms with Gasteiger partial charge in [0.05, 0.1) is 18.8 Å². The van der Waals surface area contributed by atoms with Gasteiger partial charge in [0.15, 0.2) is 0 Å². The molecule has 2 aromatic heterocycles. The molecule has 2 heterocycles. The van der Waals surface area contributed by atoms with Crippen LogP contribution in [0.3, 0.4) is 0 Å². The van der Waals surface area contributed by atoms with Gasteiger partial charge in [0.2, 0.25) is 0 Å². The minimum Gasteiger partial charge on any atom is -0.495 e. The molecule has 4 nitrogen and oxygen atoms in total. The van der Waals surface area contributed by atoms with Crippen molar-refractivity contribution in [2.24, 2.45) is 5.92 Å². The number of benzene rings is 1. The monoisotopic (exact) mass is 289 g/mol. The number of nitrogens with zero attached hydrogens (tertiary/aromatic N) is 3. The topological polar surface area (TPSA) is 39.4 Å². The number of ether oxygens (including phenoxy) is 1. The van der Waals surface area contributed by atoms with Crippen molar-refractivity contribution >= 4 is 5.52 Å². The van der Waals surface area contributed by atoms with Gasteiger partial charge in [-0.1, -0.05) is 29.2 Å². The summed E-state index contributed by atoms with van der Waals surface area (Å²) in [5.41, 5.74) is 3.91. The van der Waals surface area contributed by atoms with Crippen molar-refractivity contribution in [3.05, 3.63) is 48.2 Å². The molecule has 0 N–H and O–H groups in total. The van der Waals surface area contributed by atoms with E-state index in [0.29, 0.717) is 5.92 Å². The van der Waals surface area contributed by atoms with Crippen LogP contribution in [-0.2, 0) is 0 Å². The molecule has 1 saturated carbocycles. The molecule has 0 saturated heterocycles. The lowest BCUT2D eigenvalue weighted by atomic mass is 10.1. The highest BCUT2D eigenvalue weighted by Crippen LogP contribution is 2.28. The lowest BCUT2D eigenvalue weighted by molar-refractivity contribution is 0.411. The van der Waals surface area contributed by atoms with E-state index in [1.165, 1.54) is 12.8 Å². The maximum atomic E-state index is 5.20. The van der Waals surface area contributed by atoms with E-state index in [9.17, 15) is 0 Å². The molecule has 4 rings (SSSR count). The normalized spacial score (nSPS) is 13.7. The number of fused-ring (bicyclic) bond motifs is 1. The van der Waals surface area contributed by atoms with Crippen LogP contribution in [0.5, 0.6) is 5.75 Å². The van der Waals surface area contributed by atoms with Gasteiger partial charge < -0.3 is 4.74 Å². The van der Waals surface area contributed by atoms with E-state index in [2.05, 4.69) is 22.2 Å². The summed E-state index contributed by atoms with van der Waals surface area (Å²) in [6, 6.07) is 12.1. The molecule has 0 bridgehead atoms. The van der Waals surface area contributed by atoms with Crippen LogP contribution in [0.1, 0.15) is 18.4 Å². The Balaban J connectivity index is 1.68. The maximum Gasteiger partial charge on any atom is 0.137 e.